The van der Waals surface area contributed by atoms with E-state index < -0.39 is 11.0 Å². The van der Waals surface area contributed by atoms with Gasteiger partial charge in [-0.05, 0) is 23.8 Å². The maximum atomic E-state index is 12.4. The fourth-order valence-corrected chi connectivity index (χ4v) is 3.60. The summed E-state index contributed by atoms with van der Waals surface area (Å²) in [6.45, 7) is 2.25. The van der Waals surface area contributed by atoms with Crippen LogP contribution in [-0.2, 0) is 9.53 Å². The first kappa shape index (κ1) is 20.6. The number of nitriles is 1. The maximum Gasteiger partial charge on any atom is 0.327 e. The zero-order valence-electron chi connectivity index (χ0n) is 15.7. The van der Waals surface area contributed by atoms with E-state index >= 15 is 0 Å². The minimum Gasteiger partial charge on any atom is -0.468 e. The van der Waals surface area contributed by atoms with Crippen molar-refractivity contribution in [2.24, 2.45) is 0 Å². The molecule has 9 heteroatoms. The van der Waals surface area contributed by atoms with Crippen LogP contribution in [0.3, 0.4) is 0 Å². The molecule has 3 rings (SSSR count). The molecule has 1 fully saturated rings. The Morgan fingerprint density at radius 1 is 1.21 bits per heavy atom. The van der Waals surface area contributed by atoms with E-state index in [1.807, 2.05) is 15.9 Å². The summed E-state index contributed by atoms with van der Waals surface area (Å²) in [5.41, 5.74) is 1.59. The highest BCUT2D eigenvalue weighted by Crippen LogP contribution is 2.29. The fraction of sp³-hybridized carbons (Fsp3) is 0.300. The number of halogens is 1. The highest BCUT2D eigenvalue weighted by Gasteiger charge is 2.32. The molecule has 1 atom stereocenters. The SMILES string of the molecule is COC(=O)C(c1ccc(Cl)cc1)N1CCN(c2ccc([N+](=O)[O-])cc2C#N)CC1. The van der Waals surface area contributed by atoms with Crippen LogP contribution in [0.1, 0.15) is 17.2 Å². The summed E-state index contributed by atoms with van der Waals surface area (Å²) in [4.78, 5) is 26.9. The first-order chi connectivity index (χ1) is 13.9. The Bertz CT molecular complexity index is 950. The van der Waals surface area contributed by atoms with Gasteiger partial charge in [0.1, 0.15) is 12.1 Å². The minimum atomic E-state index is -0.549. The molecular weight excluding hydrogens is 396 g/mol. The predicted octanol–water partition coefficient (Wildman–Crippen LogP) is 3.16. The molecule has 0 aliphatic carbocycles. The average molecular weight is 415 g/mol. The smallest absolute Gasteiger partial charge is 0.327 e. The van der Waals surface area contributed by atoms with Crippen molar-refractivity contribution >= 4 is 28.9 Å². The Morgan fingerprint density at radius 2 is 1.86 bits per heavy atom. The third kappa shape index (κ3) is 4.47. The summed E-state index contributed by atoms with van der Waals surface area (Å²) in [6.07, 6.45) is 0. The third-order valence-corrected chi connectivity index (χ3v) is 5.19. The molecule has 0 aromatic heterocycles. The van der Waals surface area contributed by atoms with Crippen molar-refractivity contribution in [1.29, 1.82) is 5.26 Å². The highest BCUT2D eigenvalue weighted by molar-refractivity contribution is 6.30. The lowest BCUT2D eigenvalue weighted by Crippen LogP contribution is -2.49. The number of anilines is 1. The Hall–Kier alpha value is -3.15. The van der Waals surface area contributed by atoms with Gasteiger partial charge in [0.05, 0.1) is 23.3 Å². The van der Waals surface area contributed by atoms with Crippen LogP contribution in [-0.4, -0.2) is 49.1 Å². The lowest BCUT2D eigenvalue weighted by molar-refractivity contribution is -0.384. The van der Waals surface area contributed by atoms with Crippen molar-refractivity contribution in [2.75, 3.05) is 38.2 Å². The Morgan fingerprint density at radius 3 is 2.41 bits per heavy atom. The number of carbonyl (C=O) groups is 1. The molecule has 150 valence electrons. The van der Waals surface area contributed by atoms with Gasteiger partial charge in [0.2, 0.25) is 0 Å². The molecule has 0 saturated carbocycles. The van der Waals surface area contributed by atoms with E-state index in [0.29, 0.717) is 36.9 Å². The van der Waals surface area contributed by atoms with E-state index in [4.69, 9.17) is 16.3 Å². The van der Waals surface area contributed by atoms with Crippen molar-refractivity contribution in [3.63, 3.8) is 0 Å². The number of carbonyl (C=O) groups excluding carboxylic acids is 1. The number of nitro groups is 1. The summed E-state index contributed by atoms with van der Waals surface area (Å²) in [5, 5.41) is 20.9. The molecule has 2 aromatic carbocycles. The largest absolute Gasteiger partial charge is 0.468 e. The van der Waals surface area contributed by atoms with Crippen molar-refractivity contribution in [3.05, 3.63) is 68.7 Å². The van der Waals surface area contributed by atoms with Crippen molar-refractivity contribution in [3.8, 4) is 6.07 Å². The van der Waals surface area contributed by atoms with Gasteiger partial charge in [0.25, 0.3) is 5.69 Å². The number of nitro benzene ring substituents is 1. The predicted molar refractivity (Wildman–Crippen MR) is 108 cm³/mol. The van der Waals surface area contributed by atoms with Crippen LogP contribution in [0.2, 0.25) is 5.02 Å². The van der Waals surface area contributed by atoms with Crippen LogP contribution >= 0.6 is 11.6 Å². The zero-order chi connectivity index (χ0) is 21.0. The van der Waals surface area contributed by atoms with E-state index in [1.54, 1.807) is 30.3 Å². The van der Waals surface area contributed by atoms with Gasteiger partial charge in [-0.3, -0.25) is 15.0 Å². The van der Waals surface area contributed by atoms with E-state index in [1.165, 1.54) is 19.2 Å². The molecule has 0 N–H and O–H groups in total. The fourth-order valence-electron chi connectivity index (χ4n) is 3.48. The van der Waals surface area contributed by atoms with Gasteiger partial charge in [-0.25, -0.2) is 4.79 Å². The van der Waals surface area contributed by atoms with Gasteiger partial charge >= 0.3 is 5.97 Å². The lowest BCUT2D eigenvalue weighted by atomic mass is 10.0. The van der Waals surface area contributed by atoms with Gasteiger partial charge in [-0.15, -0.1) is 0 Å². The van der Waals surface area contributed by atoms with Crippen LogP contribution in [0.25, 0.3) is 0 Å². The Kier molecular flexibility index (Phi) is 6.32. The molecule has 1 aliphatic heterocycles. The van der Waals surface area contributed by atoms with Gasteiger partial charge < -0.3 is 9.64 Å². The van der Waals surface area contributed by atoms with Gasteiger partial charge in [-0.1, -0.05) is 23.7 Å². The molecule has 29 heavy (non-hydrogen) atoms. The van der Waals surface area contributed by atoms with Crippen LogP contribution in [0.5, 0.6) is 0 Å². The summed E-state index contributed by atoms with van der Waals surface area (Å²) >= 11 is 5.96. The van der Waals surface area contributed by atoms with Crippen LogP contribution in [0.4, 0.5) is 11.4 Å². The molecule has 2 aromatic rings. The van der Waals surface area contributed by atoms with E-state index in [-0.39, 0.29) is 17.2 Å². The summed E-state index contributed by atoms with van der Waals surface area (Å²) < 4.78 is 5.00. The second-order valence-electron chi connectivity index (χ2n) is 6.57. The number of ether oxygens (including phenoxy) is 1. The van der Waals surface area contributed by atoms with Crippen LogP contribution in [0, 0.1) is 21.4 Å². The van der Waals surface area contributed by atoms with Crippen molar-refractivity contribution in [1.82, 2.24) is 4.90 Å². The topological polar surface area (TPSA) is 99.7 Å². The second kappa shape index (κ2) is 8.90. The van der Waals surface area contributed by atoms with Gasteiger partial charge in [-0.2, -0.15) is 5.26 Å². The number of benzene rings is 2. The number of rotatable bonds is 5. The normalized spacial score (nSPS) is 15.4. The van der Waals surface area contributed by atoms with Crippen LogP contribution < -0.4 is 4.90 Å². The summed E-state index contributed by atoms with van der Waals surface area (Å²) in [6, 6.07) is 12.8. The summed E-state index contributed by atoms with van der Waals surface area (Å²) in [7, 11) is 1.36. The molecule has 8 nitrogen and oxygen atoms in total. The number of methoxy groups -OCH3 is 1. The molecule has 1 heterocycles. The third-order valence-electron chi connectivity index (χ3n) is 4.94. The lowest BCUT2D eigenvalue weighted by Gasteiger charge is -2.39. The number of hydrogen-bond acceptors (Lipinski definition) is 7. The van der Waals surface area contributed by atoms with Gasteiger partial charge in [0, 0.05) is 43.3 Å². The van der Waals surface area contributed by atoms with E-state index in [2.05, 4.69) is 0 Å². The molecule has 0 bridgehead atoms. The number of nitrogens with zero attached hydrogens (tertiary/aromatic N) is 4. The number of hydrogen-bond donors (Lipinski definition) is 0. The maximum absolute atomic E-state index is 12.4. The van der Waals surface area contributed by atoms with Gasteiger partial charge in [0.15, 0.2) is 0 Å². The Balaban J connectivity index is 1.78. The van der Waals surface area contributed by atoms with Crippen molar-refractivity contribution < 1.29 is 14.5 Å². The molecule has 0 spiro atoms. The molecule has 1 unspecified atom stereocenters. The standard InChI is InChI=1S/C20H19ClN4O4/c1-29-20(26)19(14-2-4-16(21)5-3-14)24-10-8-23(9-11-24)18-7-6-17(25(27)28)12-15(18)13-22/h2-7,12,19H,8-11H2,1H3. The minimum absolute atomic E-state index is 0.113. The number of piperazine rings is 1. The quantitative estimate of drug-likeness (QED) is 0.421. The van der Waals surface area contributed by atoms with E-state index in [0.717, 1.165) is 5.56 Å². The van der Waals surface area contributed by atoms with E-state index in [9.17, 15) is 20.2 Å². The molecule has 0 amide bonds. The van der Waals surface area contributed by atoms with Crippen molar-refractivity contribution in [2.45, 2.75) is 6.04 Å². The average Bonchev–Trinajstić information content (AvgIpc) is 2.75. The molecular formula is C20H19ClN4O4. The molecule has 0 radical (unpaired) electrons. The summed E-state index contributed by atoms with van der Waals surface area (Å²) in [5.74, 6) is -0.353. The second-order valence-corrected chi connectivity index (χ2v) is 7.01. The van der Waals surface area contributed by atoms with Crippen LogP contribution in [0.15, 0.2) is 42.5 Å². The number of non-ortho nitro benzene ring substituents is 1. The monoisotopic (exact) mass is 414 g/mol. The molecule has 1 aliphatic rings. The Labute approximate surface area is 173 Å². The highest BCUT2D eigenvalue weighted by atomic mass is 35.5. The molecule has 1 saturated heterocycles. The zero-order valence-corrected chi connectivity index (χ0v) is 16.5. The first-order valence-corrected chi connectivity index (χ1v) is 9.33. The number of esters is 1. The first-order valence-electron chi connectivity index (χ1n) is 8.95.